The highest BCUT2D eigenvalue weighted by Crippen LogP contribution is 2.40. The van der Waals surface area contributed by atoms with E-state index in [0.29, 0.717) is 34.0 Å². The summed E-state index contributed by atoms with van der Waals surface area (Å²) >= 11 is 0. The molecule has 5 heterocycles. The maximum atomic E-state index is 13.3. The number of anilines is 1. The van der Waals surface area contributed by atoms with Gasteiger partial charge in [-0.2, -0.15) is 5.26 Å². The van der Waals surface area contributed by atoms with Gasteiger partial charge >= 0.3 is 11.7 Å². The number of aromatic nitrogens is 6. The van der Waals surface area contributed by atoms with Crippen molar-refractivity contribution in [3.8, 4) is 23.2 Å². The summed E-state index contributed by atoms with van der Waals surface area (Å²) in [4.78, 5) is 40.9. The van der Waals surface area contributed by atoms with Crippen molar-refractivity contribution in [1.82, 2.24) is 29.1 Å². The third-order valence-corrected chi connectivity index (χ3v) is 7.95. The fourth-order valence-electron chi connectivity index (χ4n) is 5.51. The molecule has 4 aromatic heterocycles. The topological polar surface area (TPSA) is 143 Å². The summed E-state index contributed by atoms with van der Waals surface area (Å²) in [6, 6.07) is 15.6. The van der Waals surface area contributed by atoms with E-state index in [9.17, 15) is 14.9 Å². The van der Waals surface area contributed by atoms with Crippen LogP contribution in [0.5, 0.6) is 5.75 Å². The van der Waals surface area contributed by atoms with E-state index < -0.39 is 12.1 Å². The first-order valence-electron chi connectivity index (χ1n) is 14.9. The Morgan fingerprint density at radius 2 is 1.83 bits per heavy atom. The molecule has 12 heteroatoms. The fraction of sp³-hybridized carbons (Fsp3) is 0.235. The average Bonchev–Trinajstić information content (AvgIpc) is 3.60. The second-order valence-corrected chi connectivity index (χ2v) is 10.9. The molecule has 0 bridgehead atoms. The molecule has 0 aliphatic carbocycles. The van der Waals surface area contributed by atoms with Crippen molar-refractivity contribution in [2.24, 2.45) is 7.05 Å². The second kappa shape index (κ2) is 12.2. The molecule has 0 amide bonds. The van der Waals surface area contributed by atoms with E-state index in [-0.39, 0.29) is 22.6 Å². The Labute approximate surface area is 264 Å². The molecule has 232 valence electrons. The van der Waals surface area contributed by atoms with Gasteiger partial charge in [0.1, 0.15) is 35.6 Å². The third-order valence-electron chi connectivity index (χ3n) is 7.95. The van der Waals surface area contributed by atoms with E-state index in [1.54, 1.807) is 44.6 Å². The van der Waals surface area contributed by atoms with Crippen LogP contribution in [0, 0.1) is 18.3 Å². The number of esters is 1. The van der Waals surface area contributed by atoms with Crippen LogP contribution in [0.15, 0.2) is 77.8 Å². The number of carbonyl (C=O) groups excluding carboxylic acids is 1. The Morgan fingerprint density at radius 1 is 1.09 bits per heavy atom. The highest BCUT2D eigenvalue weighted by molar-refractivity contribution is 5.95. The van der Waals surface area contributed by atoms with Crippen LogP contribution in [0.3, 0.4) is 0 Å². The van der Waals surface area contributed by atoms with Gasteiger partial charge in [0, 0.05) is 55.4 Å². The van der Waals surface area contributed by atoms with Gasteiger partial charge in [-0.3, -0.25) is 15.1 Å². The normalized spacial score (nSPS) is 14.1. The lowest BCUT2D eigenvalue weighted by molar-refractivity contribution is 0.0433. The summed E-state index contributed by atoms with van der Waals surface area (Å²) in [5, 5.41) is 13.3. The zero-order valence-corrected chi connectivity index (χ0v) is 26.1. The lowest BCUT2D eigenvalue weighted by Crippen LogP contribution is -2.23. The number of imidazole rings is 1. The monoisotopic (exact) mass is 616 g/mol. The van der Waals surface area contributed by atoms with Crippen LogP contribution < -0.4 is 15.3 Å². The molecule has 46 heavy (non-hydrogen) atoms. The number of pyridine rings is 2. The van der Waals surface area contributed by atoms with Gasteiger partial charge < -0.3 is 14.4 Å². The lowest BCUT2D eigenvalue weighted by Gasteiger charge is -2.27. The summed E-state index contributed by atoms with van der Waals surface area (Å²) < 4.78 is 14.9. The molecule has 1 aromatic carbocycles. The van der Waals surface area contributed by atoms with Gasteiger partial charge in [0.25, 0.3) is 0 Å². The minimum Gasteiger partial charge on any atom is -0.455 e. The largest absolute Gasteiger partial charge is 0.455 e. The van der Waals surface area contributed by atoms with Gasteiger partial charge in [-0.15, -0.1) is 0 Å². The molecule has 0 fully saturated rings. The second-order valence-electron chi connectivity index (χ2n) is 10.9. The van der Waals surface area contributed by atoms with Crippen molar-refractivity contribution in [2.75, 3.05) is 18.0 Å². The fourth-order valence-corrected chi connectivity index (χ4v) is 5.51. The van der Waals surface area contributed by atoms with Crippen molar-refractivity contribution < 1.29 is 14.3 Å². The Morgan fingerprint density at radius 3 is 2.54 bits per heavy atom. The Bertz CT molecular complexity index is 2140. The molecule has 1 atom stereocenters. The van der Waals surface area contributed by atoms with Gasteiger partial charge in [-0.25, -0.2) is 23.7 Å². The first-order valence-corrected chi connectivity index (χ1v) is 14.9. The summed E-state index contributed by atoms with van der Waals surface area (Å²) in [6.07, 6.45) is 5.59. The maximum absolute atomic E-state index is 13.3. The smallest absolute Gasteiger partial charge is 0.361 e. The number of nitrogens with zero attached hydrogens (tertiary/aromatic N) is 7. The lowest BCUT2D eigenvalue weighted by atomic mass is 9.94. The molecule has 1 aliphatic rings. The zero-order valence-electron chi connectivity index (χ0n) is 26.1. The number of benzene rings is 1. The summed E-state index contributed by atoms with van der Waals surface area (Å²) in [5.41, 5.74) is 5.39. The van der Waals surface area contributed by atoms with Gasteiger partial charge in [0.2, 0.25) is 0 Å². The van der Waals surface area contributed by atoms with Crippen LogP contribution in [0.4, 0.5) is 5.69 Å². The number of rotatable bonds is 8. The molecular formula is C34H32N8O4. The van der Waals surface area contributed by atoms with Crippen LogP contribution in [0.1, 0.15) is 48.0 Å². The Kier molecular flexibility index (Phi) is 7.98. The highest BCUT2D eigenvalue weighted by Gasteiger charge is 2.29. The predicted octanol–water partition coefficient (Wildman–Crippen LogP) is 4.93. The van der Waals surface area contributed by atoms with E-state index in [2.05, 4.69) is 44.9 Å². The Hall–Kier alpha value is -5.96. The summed E-state index contributed by atoms with van der Waals surface area (Å²) in [7, 11) is 1.55. The number of allylic oxidation sites excluding steroid dienone is 2. The van der Waals surface area contributed by atoms with Crippen LogP contribution in [0.25, 0.3) is 28.2 Å². The minimum atomic E-state index is -0.777. The number of nitrogens with one attached hydrogen (secondary N) is 1. The van der Waals surface area contributed by atoms with E-state index >= 15 is 0 Å². The standard InChI is InChI=1S/C34H32N8O4/c1-6-41(7-2)23-8-9-24-25(21(4)45-33(43)31-32-39-40(5)34(44)42(32)19-38-31)17-30(46-29(24)16-23)26(18-35)22-11-13-37-28(15-22)27-14-20(3)10-12-36-27/h8-17,19,21,39H,6-7H2,1-5H3/b30-26-. The van der Waals surface area contributed by atoms with E-state index in [0.717, 1.165) is 29.9 Å². The van der Waals surface area contributed by atoms with Crippen molar-refractivity contribution in [3.63, 3.8) is 0 Å². The number of fused-ring (bicyclic) bond motifs is 2. The number of carbonyl (C=O) groups is 1. The first kappa shape index (κ1) is 30.1. The van der Waals surface area contributed by atoms with Crippen molar-refractivity contribution >= 4 is 28.5 Å². The average molecular weight is 617 g/mol. The Balaban J connectivity index is 1.43. The SMILES string of the molecule is CCN(CC)c1ccc2c(c1)O/C(=C(/C#N)c1ccnc(-c3cc(C)ccn3)c1)C=C2C(C)OC(=O)c1ncn2c(=O)n(C)[nH]c12. The molecule has 0 saturated heterocycles. The van der Waals surface area contributed by atoms with Crippen LogP contribution in [0.2, 0.25) is 0 Å². The highest BCUT2D eigenvalue weighted by atomic mass is 16.5. The number of hydrogen-bond donors (Lipinski definition) is 1. The minimum absolute atomic E-state index is 0.0168. The molecule has 0 radical (unpaired) electrons. The van der Waals surface area contributed by atoms with E-state index in [4.69, 9.17) is 9.47 Å². The van der Waals surface area contributed by atoms with Gasteiger partial charge in [-0.1, -0.05) is 0 Å². The van der Waals surface area contributed by atoms with E-state index in [1.165, 1.54) is 15.4 Å². The van der Waals surface area contributed by atoms with Crippen LogP contribution >= 0.6 is 0 Å². The van der Waals surface area contributed by atoms with Crippen LogP contribution in [-0.4, -0.2) is 54.3 Å². The molecule has 12 nitrogen and oxygen atoms in total. The van der Waals surface area contributed by atoms with Gasteiger partial charge in [-0.05, 0) is 81.3 Å². The molecule has 1 aliphatic heterocycles. The van der Waals surface area contributed by atoms with E-state index in [1.807, 2.05) is 37.3 Å². The number of aromatic amines is 1. The van der Waals surface area contributed by atoms with Crippen molar-refractivity contribution in [2.45, 2.75) is 33.8 Å². The number of ether oxygens (including phenoxy) is 2. The molecule has 5 aromatic rings. The zero-order chi connectivity index (χ0) is 32.5. The molecule has 1 unspecified atom stereocenters. The molecular weight excluding hydrogens is 584 g/mol. The summed E-state index contributed by atoms with van der Waals surface area (Å²) in [6.45, 7) is 9.47. The first-order chi connectivity index (χ1) is 22.2. The van der Waals surface area contributed by atoms with Crippen LogP contribution in [-0.2, 0) is 11.8 Å². The van der Waals surface area contributed by atoms with Gasteiger partial charge in [0.05, 0.1) is 11.4 Å². The number of nitriles is 1. The molecule has 1 N–H and O–H groups in total. The van der Waals surface area contributed by atoms with Gasteiger partial charge in [0.15, 0.2) is 11.3 Å². The van der Waals surface area contributed by atoms with Crippen molar-refractivity contribution in [1.29, 1.82) is 5.26 Å². The number of H-pyrrole nitrogens is 1. The van der Waals surface area contributed by atoms with Crippen molar-refractivity contribution in [3.05, 3.63) is 106 Å². The number of aryl methyl sites for hydroxylation is 2. The molecule has 6 rings (SSSR count). The number of hydrogen-bond acceptors (Lipinski definition) is 9. The molecule has 0 spiro atoms. The third kappa shape index (κ3) is 5.43. The predicted molar refractivity (Wildman–Crippen MR) is 173 cm³/mol. The summed E-state index contributed by atoms with van der Waals surface area (Å²) in [5.74, 6) is 0.121. The maximum Gasteiger partial charge on any atom is 0.361 e. The molecule has 0 saturated carbocycles. The quantitative estimate of drug-likeness (QED) is 0.190.